The van der Waals surface area contributed by atoms with Gasteiger partial charge in [0, 0.05) is 17.6 Å². The standard InChI is InChI=1S/C25H22O9/c1-12-4-5-14(33-12)10-20-23(29)15-6-7-17(26)22(25(15)34-20)16(11-21(27)28)13-8-18(31-2)24(30)19(9-13)32-3/h4-10,16,26,30H,11H2,1-3H3,(H,27,28)/b20-10+. The van der Waals surface area contributed by atoms with Gasteiger partial charge in [-0.1, -0.05) is 0 Å². The second-order valence-electron chi connectivity index (χ2n) is 7.69. The Bertz CT molecular complexity index is 1290. The smallest absolute Gasteiger partial charge is 0.304 e. The second kappa shape index (κ2) is 8.86. The van der Waals surface area contributed by atoms with E-state index in [4.69, 9.17) is 18.6 Å². The Hall–Kier alpha value is -4.40. The number of aliphatic carboxylic acids is 1. The molecule has 0 radical (unpaired) electrons. The van der Waals surface area contributed by atoms with Crippen molar-refractivity contribution >= 4 is 17.8 Å². The molecule has 0 fully saturated rings. The normalized spacial score (nSPS) is 14.6. The fourth-order valence-corrected chi connectivity index (χ4v) is 3.94. The van der Waals surface area contributed by atoms with Gasteiger partial charge in [-0.2, -0.15) is 0 Å². The third-order valence-electron chi connectivity index (χ3n) is 5.52. The van der Waals surface area contributed by atoms with Crippen LogP contribution in [-0.4, -0.2) is 41.3 Å². The Morgan fingerprint density at radius 3 is 2.32 bits per heavy atom. The Morgan fingerprint density at radius 1 is 1.09 bits per heavy atom. The van der Waals surface area contributed by atoms with Crippen molar-refractivity contribution in [3.8, 4) is 28.7 Å². The number of carboxylic acid groups (broad SMARTS) is 1. The molecule has 4 rings (SSSR count). The number of phenolic OH excluding ortho intramolecular Hbond substituents is 2. The van der Waals surface area contributed by atoms with Gasteiger partial charge in [0.15, 0.2) is 17.3 Å². The molecule has 0 aliphatic carbocycles. The van der Waals surface area contributed by atoms with Crippen LogP contribution in [0.3, 0.4) is 0 Å². The predicted octanol–water partition coefficient (Wildman–Crippen LogP) is 4.24. The molecule has 1 unspecified atom stereocenters. The SMILES string of the molecule is COc1cc(C(CC(=O)O)c2c(O)ccc3c2O/C(=C/c2ccc(C)o2)C3=O)cc(OC)c1O. The van der Waals surface area contributed by atoms with Crippen molar-refractivity contribution in [3.05, 3.63) is 70.4 Å². The predicted molar refractivity (Wildman–Crippen MR) is 120 cm³/mol. The van der Waals surface area contributed by atoms with E-state index in [2.05, 4.69) is 0 Å². The first-order chi connectivity index (χ1) is 16.2. The highest BCUT2D eigenvalue weighted by Gasteiger charge is 2.36. The molecular weight excluding hydrogens is 444 g/mol. The van der Waals surface area contributed by atoms with Crippen molar-refractivity contribution in [2.45, 2.75) is 19.3 Å². The van der Waals surface area contributed by atoms with Crippen LogP contribution in [0.1, 0.15) is 45.3 Å². The quantitative estimate of drug-likeness (QED) is 0.437. The molecule has 0 spiro atoms. The zero-order chi connectivity index (χ0) is 24.6. The van der Waals surface area contributed by atoms with Gasteiger partial charge in [-0.3, -0.25) is 9.59 Å². The highest BCUT2D eigenvalue weighted by Crippen LogP contribution is 2.48. The molecule has 3 aromatic rings. The monoisotopic (exact) mass is 466 g/mol. The summed E-state index contributed by atoms with van der Waals surface area (Å²) < 4.78 is 21.7. The topological polar surface area (TPSA) is 136 Å². The number of aryl methyl sites for hydroxylation is 1. The largest absolute Gasteiger partial charge is 0.508 e. The van der Waals surface area contributed by atoms with Crippen LogP contribution in [0.4, 0.5) is 0 Å². The molecule has 2 aromatic carbocycles. The van der Waals surface area contributed by atoms with Gasteiger partial charge in [0.25, 0.3) is 0 Å². The van der Waals surface area contributed by atoms with Crippen LogP contribution in [0.2, 0.25) is 0 Å². The number of rotatable bonds is 7. The molecule has 176 valence electrons. The van der Waals surface area contributed by atoms with Crippen LogP contribution in [0.5, 0.6) is 28.7 Å². The van der Waals surface area contributed by atoms with E-state index in [-0.39, 0.29) is 45.6 Å². The number of aromatic hydroxyl groups is 2. The van der Waals surface area contributed by atoms with E-state index in [1.165, 1.54) is 44.6 Å². The Morgan fingerprint density at radius 2 is 1.76 bits per heavy atom. The summed E-state index contributed by atoms with van der Waals surface area (Å²) in [7, 11) is 2.69. The Balaban J connectivity index is 1.87. The summed E-state index contributed by atoms with van der Waals surface area (Å²) in [5.74, 6) is -1.84. The number of carbonyl (C=O) groups excluding carboxylic acids is 1. The summed E-state index contributed by atoms with van der Waals surface area (Å²) in [5, 5.41) is 30.7. The summed E-state index contributed by atoms with van der Waals surface area (Å²) >= 11 is 0. The van der Waals surface area contributed by atoms with Crippen LogP contribution in [0.25, 0.3) is 6.08 Å². The minimum Gasteiger partial charge on any atom is -0.508 e. The summed E-state index contributed by atoms with van der Waals surface area (Å²) in [6, 6.07) is 9.06. The number of furan rings is 1. The highest BCUT2D eigenvalue weighted by molar-refractivity contribution is 6.15. The zero-order valence-corrected chi connectivity index (χ0v) is 18.6. The number of hydrogen-bond acceptors (Lipinski definition) is 8. The molecule has 3 N–H and O–H groups in total. The lowest BCUT2D eigenvalue weighted by molar-refractivity contribution is -0.137. The molecule has 1 aromatic heterocycles. The summed E-state index contributed by atoms with van der Waals surface area (Å²) in [5.41, 5.74) is 0.658. The van der Waals surface area contributed by atoms with Gasteiger partial charge in [-0.25, -0.2) is 0 Å². The van der Waals surface area contributed by atoms with E-state index in [0.717, 1.165) is 0 Å². The Kier molecular flexibility index (Phi) is 5.93. The molecule has 0 amide bonds. The number of benzene rings is 2. The first-order valence-electron chi connectivity index (χ1n) is 10.3. The number of carboxylic acids is 1. The maximum absolute atomic E-state index is 13.0. The molecule has 0 saturated heterocycles. The molecule has 34 heavy (non-hydrogen) atoms. The van der Waals surface area contributed by atoms with E-state index in [9.17, 15) is 24.9 Å². The lowest BCUT2D eigenvalue weighted by atomic mass is 9.85. The first-order valence-corrected chi connectivity index (χ1v) is 10.3. The number of fused-ring (bicyclic) bond motifs is 1. The maximum atomic E-state index is 13.0. The second-order valence-corrected chi connectivity index (χ2v) is 7.69. The number of hydrogen-bond donors (Lipinski definition) is 3. The van der Waals surface area contributed by atoms with Crippen LogP contribution >= 0.6 is 0 Å². The third kappa shape index (κ3) is 4.03. The van der Waals surface area contributed by atoms with Crippen molar-refractivity contribution in [2.24, 2.45) is 0 Å². The van der Waals surface area contributed by atoms with E-state index < -0.39 is 24.1 Å². The van der Waals surface area contributed by atoms with Gasteiger partial charge >= 0.3 is 5.97 Å². The van der Waals surface area contributed by atoms with E-state index >= 15 is 0 Å². The van der Waals surface area contributed by atoms with Gasteiger partial charge in [0.2, 0.25) is 11.5 Å². The van der Waals surface area contributed by atoms with Crippen molar-refractivity contribution in [2.75, 3.05) is 14.2 Å². The number of allylic oxidation sites excluding steroid dienone is 1. The van der Waals surface area contributed by atoms with Crippen LogP contribution in [0.15, 0.2) is 46.6 Å². The molecule has 9 nitrogen and oxygen atoms in total. The van der Waals surface area contributed by atoms with Gasteiger partial charge in [-0.05, 0) is 48.9 Å². The van der Waals surface area contributed by atoms with Gasteiger partial charge in [0.05, 0.1) is 26.2 Å². The number of Topliss-reactive ketones (excluding diaryl/α,β-unsaturated/α-hetero) is 1. The molecule has 0 saturated carbocycles. The number of ketones is 1. The molecular formula is C25H22O9. The number of ether oxygens (including phenoxy) is 3. The zero-order valence-electron chi connectivity index (χ0n) is 18.6. The van der Waals surface area contributed by atoms with Crippen molar-refractivity contribution in [3.63, 3.8) is 0 Å². The van der Waals surface area contributed by atoms with Crippen LogP contribution in [0, 0.1) is 6.92 Å². The fraction of sp³-hybridized carbons (Fsp3) is 0.200. The summed E-state index contributed by atoms with van der Waals surface area (Å²) in [6.07, 6.45) is 0.990. The number of methoxy groups -OCH3 is 2. The first kappa shape index (κ1) is 22.8. The third-order valence-corrected chi connectivity index (χ3v) is 5.52. The van der Waals surface area contributed by atoms with Gasteiger partial charge in [0.1, 0.15) is 23.0 Å². The van der Waals surface area contributed by atoms with Crippen molar-refractivity contribution in [1.82, 2.24) is 0 Å². The van der Waals surface area contributed by atoms with Gasteiger partial charge < -0.3 is 33.9 Å². The summed E-state index contributed by atoms with van der Waals surface area (Å²) in [4.78, 5) is 24.8. The Labute approximate surface area is 194 Å². The molecule has 1 atom stereocenters. The van der Waals surface area contributed by atoms with E-state index in [1.54, 1.807) is 19.1 Å². The highest BCUT2D eigenvalue weighted by atomic mass is 16.5. The van der Waals surface area contributed by atoms with Gasteiger partial charge in [-0.15, -0.1) is 0 Å². The number of phenols is 2. The minimum atomic E-state index is -1.15. The molecule has 0 bridgehead atoms. The lowest BCUT2D eigenvalue weighted by Crippen LogP contribution is -2.10. The molecule has 9 heteroatoms. The maximum Gasteiger partial charge on any atom is 0.304 e. The fourth-order valence-electron chi connectivity index (χ4n) is 3.94. The molecule has 1 aliphatic rings. The van der Waals surface area contributed by atoms with Crippen LogP contribution < -0.4 is 14.2 Å². The van der Waals surface area contributed by atoms with E-state index in [1.807, 2.05) is 0 Å². The lowest BCUT2D eigenvalue weighted by Gasteiger charge is -2.21. The average molecular weight is 466 g/mol. The molecule has 1 aliphatic heterocycles. The summed E-state index contributed by atoms with van der Waals surface area (Å²) in [6.45, 7) is 1.76. The van der Waals surface area contributed by atoms with E-state index in [0.29, 0.717) is 17.1 Å². The van der Waals surface area contributed by atoms with Crippen LogP contribution in [-0.2, 0) is 4.79 Å². The number of carbonyl (C=O) groups is 2. The minimum absolute atomic E-state index is 0.0221. The molecule has 2 heterocycles. The average Bonchev–Trinajstić information content (AvgIpc) is 3.35. The van der Waals surface area contributed by atoms with Crippen molar-refractivity contribution in [1.29, 1.82) is 0 Å². The van der Waals surface area contributed by atoms with Crippen molar-refractivity contribution < 1.29 is 43.5 Å².